The molecule has 0 unspecified atom stereocenters. The third-order valence-corrected chi connectivity index (χ3v) is 5.94. The van der Waals surface area contributed by atoms with Gasteiger partial charge in [-0.15, -0.1) is 12.4 Å². The lowest BCUT2D eigenvalue weighted by molar-refractivity contribution is -0.121. The Balaban J connectivity index is 0.00000324. The lowest BCUT2D eigenvalue weighted by Crippen LogP contribution is -2.50. The van der Waals surface area contributed by atoms with Crippen LogP contribution in [0.2, 0.25) is 5.02 Å². The Hall–Kier alpha value is -2.54. The van der Waals surface area contributed by atoms with Crippen molar-refractivity contribution < 1.29 is 9.53 Å². The van der Waals surface area contributed by atoms with Gasteiger partial charge in [0, 0.05) is 42.0 Å². The van der Waals surface area contributed by atoms with E-state index in [2.05, 4.69) is 30.9 Å². The molecule has 1 aliphatic heterocycles. The van der Waals surface area contributed by atoms with Gasteiger partial charge < -0.3 is 4.74 Å². The fraction of sp³-hybridized carbons (Fsp3) is 0.385. The van der Waals surface area contributed by atoms with Crippen LogP contribution in [0.25, 0.3) is 0 Å². The molecule has 0 radical (unpaired) electrons. The molecule has 1 amide bonds. The van der Waals surface area contributed by atoms with Crippen LogP contribution in [0.3, 0.4) is 0 Å². The number of ether oxygens (including phenoxy) is 1. The second-order valence-electron chi connectivity index (χ2n) is 9.00. The van der Waals surface area contributed by atoms with E-state index in [-0.39, 0.29) is 18.3 Å². The quantitative estimate of drug-likeness (QED) is 0.424. The van der Waals surface area contributed by atoms with E-state index in [0.717, 1.165) is 30.1 Å². The summed E-state index contributed by atoms with van der Waals surface area (Å²) in [6.07, 6.45) is 0. The number of aromatic nitrogens is 2. The first-order chi connectivity index (χ1) is 15.9. The van der Waals surface area contributed by atoms with Gasteiger partial charge in [0.1, 0.15) is 5.75 Å². The fourth-order valence-electron chi connectivity index (χ4n) is 3.96. The summed E-state index contributed by atoms with van der Waals surface area (Å²) in [6, 6.07) is 17.9. The molecule has 1 saturated heterocycles. The topological polar surface area (TPSA) is 50.6 Å². The van der Waals surface area contributed by atoms with Gasteiger partial charge in [-0.25, -0.2) is 0 Å². The molecular weight excluding hydrogens is 471 g/mol. The molecule has 2 heterocycles. The molecule has 0 N–H and O–H groups in total. The number of halogens is 2. The number of anilines is 1. The summed E-state index contributed by atoms with van der Waals surface area (Å²) in [6.45, 7) is 10.0. The lowest BCUT2D eigenvalue weighted by Gasteiger charge is -2.33. The number of piperazine rings is 1. The number of benzene rings is 2. The maximum atomic E-state index is 12.9. The summed E-state index contributed by atoms with van der Waals surface area (Å²) in [5.74, 6) is 2.02. The molecule has 1 aliphatic rings. The molecular formula is C26H32Cl2N4O2. The summed E-state index contributed by atoms with van der Waals surface area (Å²) in [5, 5.41) is 5.42. The number of carbonyl (C=O) groups excluding carboxylic acids is 1. The highest BCUT2D eigenvalue weighted by molar-refractivity contribution is 6.30. The van der Waals surface area contributed by atoms with Crippen LogP contribution >= 0.6 is 24.0 Å². The van der Waals surface area contributed by atoms with Crippen molar-refractivity contribution in [3.8, 4) is 5.75 Å². The smallest absolute Gasteiger partial charge is 0.242 e. The van der Waals surface area contributed by atoms with Crippen molar-refractivity contribution in [2.24, 2.45) is 5.92 Å². The first-order valence-corrected chi connectivity index (χ1v) is 11.8. The van der Waals surface area contributed by atoms with Gasteiger partial charge in [-0.1, -0.05) is 55.8 Å². The molecule has 182 valence electrons. The third-order valence-electron chi connectivity index (χ3n) is 5.71. The number of aryl methyl sites for hydroxylation is 1. The van der Waals surface area contributed by atoms with Crippen molar-refractivity contribution in [3.63, 3.8) is 0 Å². The average molecular weight is 503 g/mol. The summed E-state index contributed by atoms with van der Waals surface area (Å²) >= 11 is 6.26. The summed E-state index contributed by atoms with van der Waals surface area (Å²) in [7, 11) is 0. The standard InChI is InChI=1S/C26H31ClN4O2.ClH/c1-19(2)18-33-24-10-9-23(27)14-22(24)16-31-20(3)13-25(28-31)30-12-11-29(17-26(30)32)15-21-7-5-4-6-8-21;/h4-10,13-14,19H,11-12,15-18H2,1-3H3;1H. The first-order valence-electron chi connectivity index (χ1n) is 11.4. The van der Waals surface area contributed by atoms with Crippen LogP contribution in [0, 0.1) is 12.8 Å². The van der Waals surface area contributed by atoms with Crippen molar-refractivity contribution in [2.75, 3.05) is 31.1 Å². The number of hydrogen-bond donors (Lipinski definition) is 0. The normalized spacial score (nSPS) is 14.4. The van der Waals surface area contributed by atoms with Crippen molar-refractivity contribution >= 4 is 35.7 Å². The minimum absolute atomic E-state index is 0. The second-order valence-corrected chi connectivity index (χ2v) is 9.44. The van der Waals surface area contributed by atoms with E-state index in [1.807, 2.05) is 54.1 Å². The molecule has 3 aromatic rings. The molecule has 2 aromatic carbocycles. The summed E-state index contributed by atoms with van der Waals surface area (Å²) in [5.41, 5.74) is 3.18. The Labute approximate surface area is 212 Å². The highest BCUT2D eigenvalue weighted by Gasteiger charge is 2.27. The summed E-state index contributed by atoms with van der Waals surface area (Å²) < 4.78 is 7.91. The van der Waals surface area contributed by atoms with Gasteiger partial charge in [-0.2, -0.15) is 5.10 Å². The lowest BCUT2D eigenvalue weighted by atomic mass is 10.2. The highest BCUT2D eigenvalue weighted by Crippen LogP contribution is 2.26. The van der Waals surface area contributed by atoms with Gasteiger partial charge in [0.05, 0.1) is 19.7 Å². The maximum absolute atomic E-state index is 12.9. The molecule has 8 heteroatoms. The third kappa shape index (κ3) is 6.53. The summed E-state index contributed by atoms with van der Waals surface area (Å²) in [4.78, 5) is 16.9. The van der Waals surface area contributed by atoms with Crippen LogP contribution in [-0.4, -0.2) is 46.8 Å². The van der Waals surface area contributed by atoms with E-state index in [1.165, 1.54) is 5.56 Å². The molecule has 1 aromatic heterocycles. The molecule has 0 bridgehead atoms. The molecule has 0 atom stereocenters. The number of carbonyl (C=O) groups is 1. The van der Waals surface area contributed by atoms with E-state index in [0.29, 0.717) is 43.0 Å². The number of hydrogen-bond acceptors (Lipinski definition) is 4. The first kappa shape index (κ1) is 26.1. The Morgan fingerprint density at radius 3 is 2.53 bits per heavy atom. The predicted octanol–water partition coefficient (Wildman–Crippen LogP) is 5.20. The van der Waals surface area contributed by atoms with Crippen LogP contribution in [0.1, 0.15) is 30.7 Å². The number of rotatable bonds is 8. The Bertz CT molecular complexity index is 1100. The van der Waals surface area contributed by atoms with Crippen LogP contribution in [-0.2, 0) is 17.9 Å². The number of nitrogens with zero attached hydrogens (tertiary/aromatic N) is 4. The predicted molar refractivity (Wildman–Crippen MR) is 139 cm³/mol. The van der Waals surface area contributed by atoms with Gasteiger partial charge in [-0.3, -0.25) is 19.3 Å². The maximum Gasteiger partial charge on any atom is 0.242 e. The van der Waals surface area contributed by atoms with Gasteiger partial charge >= 0.3 is 0 Å². The van der Waals surface area contributed by atoms with Crippen molar-refractivity contribution in [3.05, 3.63) is 76.4 Å². The molecule has 0 saturated carbocycles. The monoisotopic (exact) mass is 502 g/mol. The van der Waals surface area contributed by atoms with Crippen molar-refractivity contribution in [2.45, 2.75) is 33.9 Å². The zero-order valence-corrected chi connectivity index (χ0v) is 21.5. The SMILES string of the molecule is Cc1cc(N2CCN(Cc3ccccc3)CC2=O)nn1Cc1cc(Cl)ccc1OCC(C)C.Cl. The second kappa shape index (κ2) is 11.7. The van der Waals surface area contributed by atoms with E-state index in [9.17, 15) is 4.79 Å². The molecule has 1 fully saturated rings. The zero-order chi connectivity index (χ0) is 23.4. The minimum atomic E-state index is 0. The van der Waals surface area contributed by atoms with E-state index in [1.54, 1.807) is 4.90 Å². The van der Waals surface area contributed by atoms with Gasteiger partial charge in [0.2, 0.25) is 5.91 Å². The van der Waals surface area contributed by atoms with Crippen molar-refractivity contribution in [1.29, 1.82) is 0 Å². The highest BCUT2D eigenvalue weighted by atomic mass is 35.5. The van der Waals surface area contributed by atoms with E-state index in [4.69, 9.17) is 21.4 Å². The van der Waals surface area contributed by atoms with Crippen LogP contribution in [0.5, 0.6) is 5.75 Å². The van der Waals surface area contributed by atoms with E-state index < -0.39 is 0 Å². The van der Waals surface area contributed by atoms with E-state index >= 15 is 0 Å². The van der Waals surface area contributed by atoms with Crippen LogP contribution in [0.4, 0.5) is 5.82 Å². The molecule has 4 rings (SSSR count). The minimum Gasteiger partial charge on any atom is -0.493 e. The van der Waals surface area contributed by atoms with Gasteiger partial charge in [0.25, 0.3) is 0 Å². The Morgan fingerprint density at radius 2 is 1.82 bits per heavy atom. The number of amides is 1. The Morgan fingerprint density at radius 1 is 1.06 bits per heavy atom. The molecule has 34 heavy (non-hydrogen) atoms. The van der Waals surface area contributed by atoms with Crippen LogP contribution in [0.15, 0.2) is 54.6 Å². The molecule has 0 spiro atoms. The largest absolute Gasteiger partial charge is 0.493 e. The zero-order valence-electron chi connectivity index (χ0n) is 19.9. The van der Waals surface area contributed by atoms with Crippen molar-refractivity contribution in [1.82, 2.24) is 14.7 Å². The molecule has 0 aliphatic carbocycles. The molecule has 6 nitrogen and oxygen atoms in total. The Kier molecular flexibility index (Phi) is 9.00. The fourth-order valence-corrected chi connectivity index (χ4v) is 4.15. The van der Waals surface area contributed by atoms with Gasteiger partial charge in [-0.05, 0) is 36.6 Å². The van der Waals surface area contributed by atoms with Gasteiger partial charge in [0.15, 0.2) is 5.82 Å². The van der Waals surface area contributed by atoms with Crippen LogP contribution < -0.4 is 9.64 Å². The average Bonchev–Trinajstić information content (AvgIpc) is 3.13.